The molecule has 2 aromatic rings. The fourth-order valence-electron chi connectivity index (χ4n) is 3.23. The van der Waals surface area contributed by atoms with Crippen LogP contribution in [0.4, 0.5) is 0 Å². The second-order valence-electron chi connectivity index (χ2n) is 6.78. The monoisotopic (exact) mass is 458 g/mol. The molecule has 8 nitrogen and oxygen atoms in total. The number of halogens is 2. The zero-order chi connectivity index (χ0) is 21.3. The van der Waals surface area contributed by atoms with Gasteiger partial charge < -0.3 is 4.90 Å². The van der Waals surface area contributed by atoms with E-state index in [0.29, 0.717) is 31.6 Å². The summed E-state index contributed by atoms with van der Waals surface area (Å²) in [5.41, 5.74) is -0.222. The van der Waals surface area contributed by atoms with Crippen molar-refractivity contribution >= 4 is 39.1 Å². The third-order valence-electron chi connectivity index (χ3n) is 5.06. The predicted octanol–water partition coefficient (Wildman–Crippen LogP) is 2.17. The maximum atomic E-state index is 12.9. The molecule has 0 radical (unpaired) electrons. The van der Waals surface area contributed by atoms with Gasteiger partial charge in [0.1, 0.15) is 5.02 Å². The predicted molar refractivity (Wildman–Crippen MR) is 110 cm³/mol. The molecule has 0 aliphatic carbocycles. The number of benzene rings is 1. The highest BCUT2D eigenvalue weighted by atomic mass is 35.5. The Kier molecular flexibility index (Phi) is 6.33. The van der Waals surface area contributed by atoms with E-state index in [1.807, 2.05) is 0 Å². The number of nitrogens with zero attached hydrogens (tertiary/aromatic N) is 4. The van der Waals surface area contributed by atoms with Crippen molar-refractivity contribution in [2.45, 2.75) is 30.7 Å². The molecule has 0 N–H and O–H groups in total. The lowest BCUT2D eigenvalue weighted by Gasteiger charge is -2.35. The van der Waals surface area contributed by atoms with E-state index in [1.54, 1.807) is 11.9 Å². The molecule has 29 heavy (non-hydrogen) atoms. The minimum atomic E-state index is -3.68. The van der Waals surface area contributed by atoms with Gasteiger partial charge in [0.05, 0.1) is 21.8 Å². The summed E-state index contributed by atoms with van der Waals surface area (Å²) in [6, 6.07) is 5.86. The topological polar surface area (TPSA) is 92.6 Å². The Hall–Kier alpha value is -1.94. The maximum Gasteiger partial charge on any atom is 0.291 e. The van der Waals surface area contributed by atoms with E-state index >= 15 is 0 Å². The highest BCUT2D eigenvalue weighted by Crippen LogP contribution is 2.24. The average molecular weight is 459 g/mol. The molecule has 1 saturated heterocycles. The number of carbonyl (C=O) groups excluding carboxylic acids is 1. The second-order valence-corrected chi connectivity index (χ2v) is 9.51. The molecule has 0 unspecified atom stereocenters. The summed E-state index contributed by atoms with van der Waals surface area (Å²) in [5, 5.41) is 3.82. The lowest BCUT2D eigenvalue weighted by atomic mass is 10.1. The number of piperidine rings is 1. The number of hydrogen-bond acceptors (Lipinski definition) is 5. The fourth-order valence-corrected chi connectivity index (χ4v) is 4.95. The molecule has 3 rings (SSSR count). The number of amides is 1. The summed E-state index contributed by atoms with van der Waals surface area (Å²) in [4.78, 5) is 25.5. The van der Waals surface area contributed by atoms with Crippen LogP contribution in [0.2, 0.25) is 10.0 Å². The average Bonchev–Trinajstić information content (AvgIpc) is 2.72. The van der Waals surface area contributed by atoms with E-state index < -0.39 is 15.6 Å². The van der Waals surface area contributed by atoms with Gasteiger partial charge in [-0.05, 0) is 37.1 Å². The first kappa shape index (κ1) is 21.8. The number of sulfonamides is 1. The molecule has 0 bridgehead atoms. The van der Waals surface area contributed by atoms with E-state index in [9.17, 15) is 18.0 Å². The van der Waals surface area contributed by atoms with E-state index in [1.165, 1.54) is 41.7 Å². The van der Waals surface area contributed by atoms with E-state index in [-0.39, 0.29) is 26.9 Å². The highest BCUT2D eigenvalue weighted by molar-refractivity contribution is 7.89. The Morgan fingerprint density at radius 1 is 1.17 bits per heavy atom. The van der Waals surface area contributed by atoms with Crippen LogP contribution in [0.25, 0.3) is 5.69 Å². The summed E-state index contributed by atoms with van der Waals surface area (Å²) in [6.45, 7) is 2.17. The minimum Gasteiger partial charge on any atom is -0.343 e. The molecule has 0 spiro atoms. The van der Waals surface area contributed by atoms with Gasteiger partial charge in [-0.15, -0.1) is 0 Å². The van der Waals surface area contributed by atoms with Crippen LogP contribution in [0, 0.1) is 0 Å². The van der Waals surface area contributed by atoms with Gasteiger partial charge in [-0.25, -0.2) is 8.42 Å². The van der Waals surface area contributed by atoms with Crippen molar-refractivity contribution in [2.24, 2.45) is 0 Å². The van der Waals surface area contributed by atoms with Crippen LogP contribution < -0.4 is 5.56 Å². The number of carbonyl (C=O) groups is 1. The van der Waals surface area contributed by atoms with Gasteiger partial charge in [0, 0.05) is 33.1 Å². The van der Waals surface area contributed by atoms with Crippen molar-refractivity contribution in [3.63, 3.8) is 0 Å². The SMILES string of the molecule is CC(=O)N(C)C1CCN(S(=O)(=O)c2ccc(-n3ncc(Cl)c(Cl)c3=O)cc2)CC1. The summed E-state index contributed by atoms with van der Waals surface area (Å²) in [6.07, 6.45) is 2.41. The molecule has 156 valence electrons. The quantitative estimate of drug-likeness (QED) is 0.699. The largest absolute Gasteiger partial charge is 0.343 e. The molecule has 1 aliphatic heterocycles. The molecule has 11 heteroatoms. The van der Waals surface area contributed by atoms with Gasteiger partial charge >= 0.3 is 0 Å². The maximum absolute atomic E-state index is 12.9. The number of rotatable bonds is 4. The Balaban J connectivity index is 1.79. The summed E-state index contributed by atoms with van der Waals surface area (Å²) >= 11 is 11.6. The van der Waals surface area contributed by atoms with E-state index in [4.69, 9.17) is 23.2 Å². The van der Waals surface area contributed by atoms with Gasteiger partial charge in [-0.2, -0.15) is 14.1 Å². The molecule has 0 saturated carbocycles. The Bertz CT molecular complexity index is 1080. The van der Waals surface area contributed by atoms with Crippen molar-refractivity contribution in [1.82, 2.24) is 19.0 Å². The molecule has 1 aromatic heterocycles. The Morgan fingerprint density at radius 2 is 1.76 bits per heavy atom. The molecule has 0 atom stereocenters. The van der Waals surface area contributed by atoms with Gasteiger partial charge in [0.15, 0.2) is 0 Å². The van der Waals surface area contributed by atoms with Crippen LogP contribution in [-0.4, -0.2) is 59.5 Å². The minimum absolute atomic E-state index is 0.0342. The smallest absolute Gasteiger partial charge is 0.291 e. The lowest BCUT2D eigenvalue weighted by Crippen LogP contribution is -2.46. The third-order valence-corrected chi connectivity index (χ3v) is 7.72. The van der Waals surface area contributed by atoms with Crippen LogP contribution in [-0.2, 0) is 14.8 Å². The number of hydrogen-bond donors (Lipinski definition) is 0. The Morgan fingerprint density at radius 3 is 2.31 bits per heavy atom. The summed E-state index contributed by atoms with van der Waals surface area (Å²) < 4.78 is 28.3. The summed E-state index contributed by atoms with van der Waals surface area (Å²) in [5.74, 6) is -0.0342. The molecule has 2 heterocycles. The van der Waals surface area contributed by atoms with Gasteiger partial charge in [0.2, 0.25) is 15.9 Å². The van der Waals surface area contributed by atoms with Crippen LogP contribution in [0.3, 0.4) is 0 Å². The molecular weight excluding hydrogens is 439 g/mol. The molecule has 1 amide bonds. The van der Waals surface area contributed by atoms with Gasteiger partial charge in [-0.1, -0.05) is 23.2 Å². The van der Waals surface area contributed by atoms with Gasteiger partial charge in [-0.3, -0.25) is 9.59 Å². The molecule has 1 aromatic carbocycles. The number of aromatic nitrogens is 2. The van der Waals surface area contributed by atoms with Crippen LogP contribution in [0.5, 0.6) is 0 Å². The second kappa shape index (κ2) is 8.43. The van der Waals surface area contributed by atoms with Crippen molar-refractivity contribution in [3.8, 4) is 5.69 Å². The lowest BCUT2D eigenvalue weighted by molar-refractivity contribution is -0.130. The summed E-state index contributed by atoms with van der Waals surface area (Å²) in [7, 11) is -1.95. The molecular formula is C18H20Cl2N4O4S. The third kappa shape index (κ3) is 4.32. The van der Waals surface area contributed by atoms with Crippen molar-refractivity contribution in [2.75, 3.05) is 20.1 Å². The Labute approximate surface area is 178 Å². The van der Waals surface area contributed by atoms with Crippen molar-refractivity contribution in [1.29, 1.82) is 0 Å². The van der Waals surface area contributed by atoms with Crippen molar-refractivity contribution in [3.05, 3.63) is 50.9 Å². The van der Waals surface area contributed by atoms with E-state index in [0.717, 1.165) is 4.68 Å². The van der Waals surface area contributed by atoms with Crippen molar-refractivity contribution < 1.29 is 13.2 Å². The molecule has 1 fully saturated rings. The zero-order valence-corrected chi connectivity index (χ0v) is 18.2. The van der Waals surface area contributed by atoms with Crippen LogP contribution in [0.15, 0.2) is 40.2 Å². The first-order chi connectivity index (χ1) is 13.6. The highest BCUT2D eigenvalue weighted by Gasteiger charge is 2.31. The van der Waals surface area contributed by atoms with Crippen LogP contribution in [0.1, 0.15) is 19.8 Å². The van der Waals surface area contributed by atoms with E-state index in [2.05, 4.69) is 5.10 Å². The van der Waals surface area contributed by atoms with Gasteiger partial charge in [0.25, 0.3) is 5.56 Å². The first-order valence-corrected chi connectivity index (χ1v) is 11.1. The molecule has 1 aliphatic rings. The standard InChI is InChI=1S/C18H20Cl2N4O4S/c1-12(25)22(2)13-7-9-23(10-8-13)29(27,28)15-5-3-14(4-6-15)24-18(26)17(20)16(19)11-21-24/h3-6,11,13H,7-10H2,1-2H3. The van der Waals surface area contributed by atoms with Crippen LogP contribution >= 0.6 is 23.2 Å². The fraction of sp³-hybridized carbons (Fsp3) is 0.389. The normalized spacial score (nSPS) is 16.0. The first-order valence-electron chi connectivity index (χ1n) is 8.90. The zero-order valence-electron chi connectivity index (χ0n) is 15.9.